The van der Waals surface area contributed by atoms with Gasteiger partial charge in [0, 0.05) is 6.20 Å². The molecule has 27 heavy (non-hydrogen) atoms. The highest BCUT2D eigenvalue weighted by molar-refractivity contribution is 6.32. The van der Waals surface area contributed by atoms with Crippen LogP contribution in [0.15, 0.2) is 42.6 Å². The number of amides is 1. The molecule has 0 saturated carbocycles. The van der Waals surface area contributed by atoms with E-state index in [1.807, 2.05) is 6.92 Å². The Morgan fingerprint density at radius 1 is 1.30 bits per heavy atom. The number of rotatable bonds is 6. The summed E-state index contributed by atoms with van der Waals surface area (Å²) in [4.78, 5) is 16.4. The monoisotopic (exact) mass is 393 g/mol. The van der Waals surface area contributed by atoms with Gasteiger partial charge in [0.2, 0.25) is 0 Å². The van der Waals surface area contributed by atoms with Crippen molar-refractivity contribution < 1.29 is 18.3 Å². The zero-order valence-corrected chi connectivity index (χ0v) is 14.8. The van der Waals surface area contributed by atoms with Gasteiger partial charge < -0.3 is 10.1 Å². The predicted octanol–water partition coefficient (Wildman–Crippen LogP) is 3.73. The second kappa shape index (κ2) is 8.09. The molecule has 1 amide bonds. The van der Waals surface area contributed by atoms with Crippen molar-refractivity contribution in [1.82, 2.24) is 20.0 Å². The fourth-order valence-electron chi connectivity index (χ4n) is 2.43. The lowest BCUT2D eigenvalue weighted by molar-refractivity contribution is -0.0498. The van der Waals surface area contributed by atoms with Crippen LogP contribution >= 0.6 is 11.6 Å². The van der Waals surface area contributed by atoms with Gasteiger partial charge in [-0.2, -0.15) is 8.78 Å². The smallest absolute Gasteiger partial charge is 0.387 e. The molecule has 0 aliphatic carbocycles. The van der Waals surface area contributed by atoms with Crippen LogP contribution in [0.2, 0.25) is 5.15 Å². The fourth-order valence-corrected chi connectivity index (χ4v) is 2.60. The summed E-state index contributed by atoms with van der Waals surface area (Å²) in [7, 11) is 0. The number of carbonyl (C=O) groups excluding carboxylic acids is 1. The number of hydrogen-bond donors (Lipinski definition) is 1. The van der Waals surface area contributed by atoms with E-state index in [4.69, 9.17) is 11.6 Å². The molecule has 0 fully saturated rings. The van der Waals surface area contributed by atoms with E-state index in [1.54, 1.807) is 24.3 Å². The van der Waals surface area contributed by atoms with E-state index in [1.165, 1.54) is 23.0 Å². The molecule has 0 radical (unpaired) electrons. The Bertz CT molecular complexity index is 947. The summed E-state index contributed by atoms with van der Waals surface area (Å²) < 4.78 is 30.3. The van der Waals surface area contributed by atoms with E-state index in [9.17, 15) is 13.6 Å². The van der Waals surface area contributed by atoms with Crippen molar-refractivity contribution in [2.24, 2.45) is 0 Å². The van der Waals surface area contributed by atoms with Gasteiger partial charge in [-0.05, 0) is 42.8 Å². The molecule has 140 valence electrons. The van der Waals surface area contributed by atoms with Gasteiger partial charge in [0.1, 0.15) is 5.75 Å². The van der Waals surface area contributed by atoms with Crippen LogP contribution in [0.5, 0.6) is 5.75 Å². The Morgan fingerprint density at radius 3 is 2.67 bits per heavy atom. The van der Waals surface area contributed by atoms with Crippen molar-refractivity contribution in [3.05, 3.63) is 59.1 Å². The van der Waals surface area contributed by atoms with Crippen LogP contribution in [-0.2, 0) is 6.42 Å². The number of hydrogen-bond acceptors (Lipinski definition) is 5. The lowest BCUT2D eigenvalue weighted by atomic mass is 10.2. The lowest BCUT2D eigenvalue weighted by Gasteiger charge is -2.09. The predicted molar refractivity (Wildman–Crippen MR) is 94.6 cm³/mol. The third-order valence-corrected chi connectivity index (χ3v) is 3.93. The molecule has 0 atom stereocenters. The summed E-state index contributed by atoms with van der Waals surface area (Å²) >= 11 is 5.95. The number of halogens is 3. The van der Waals surface area contributed by atoms with Crippen LogP contribution < -0.4 is 10.1 Å². The summed E-state index contributed by atoms with van der Waals surface area (Å²) in [6, 6.07) is 9.12. The van der Waals surface area contributed by atoms with Crippen molar-refractivity contribution in [1.29, 1.82) is 0 Å². The van der Waals surface area contributed by atoms with Crippen LogP contribution in [0.3, 0.4) is 0 Å². The van der Waals surface area contributed by atoms with Crippen LogP contribution in [-0.4, -0.2) is 32.5 Å². The van der Waals surface area contributed by atoms with E-state index in [-0.39, 0.29) is 16.6 Å². The van der Waals surface area contributed by atoms with Crippen LogP contribution in [0, 0.1) is 0 Å². The number of anilines is 1. The fraction of sp³-hybridized carbons (Fsp3) is 0.176. The number of benzene rings is 1. The first-order valence-corrected chi connectivity index (χ1v) is 8.29. The first-order valence-electron chi connectivity index (χ1n) is 7.91. The molecule has 3 aromatic rings. The van der Waals surface area contributed by atoms with Gasteiger partial charge in [-0.1, -0.05) is 23.7 Å². The molecule has 1 aromatic carbocycles. The summed E-state index contributed by atoms with van der Waals surface area (Å²) in [6.07, 6.45) is 1.97. The summed E-state index contributed by atoms with van der Waals surface area (Å²) in [5, 5.41) is 10.7. The Morgan fingerprint density at radius 2 is 2.04 bits per heavy atom. The zero-order valence-electron chi connectivity index (χ0n) is 14.1. The number of ether oxygens (including phenoxy) is 1. The highest BCUT2D eigenvalue weighted by atomic mass is 35.5. The van der Waals surface area contributed by atoms with Crippen molar-refractivity contribution in [2.45, 2.75) is 20.0 Å². The number of alkyl halides is 2. The maximum absolute atomic E-state index is 12.5. The summed E-state index contributed by atoms with van der Waals surface area (Å²) in [6.45, 7) is -1.06. The quantitative estimate of drug-likeness (QED) is 0.645. The van der Waals surface area contributed by atoms with Crippen LogP contribution in [0.1, 0.15) is 23.1 Å². The van der Waals surface area contributed by atoms with Gasteiger partial charge in [0.25, 0.3) is 5.91 Å². The third-order valence-electron chi connectivity index (χ3n) is 3.63. The second-order valence-electron chi connectivity index (χ2n) is 5.32. The first-order chi connectivity index (χ1) is 13.0. The normalized spacial score (nSPS) is 10.9. The zero-order chi connectivity index (χ0) is 19.4. The largest absolute Gasteiger partial charge is 0.435 e. The minimum Gasteiger partial charge on any atom is -0.435 e. The van der Waals surface area contributed by atoms with Gasteiger partial charge in [-0.3, -0.25) is 4.79 Å². The van der Waals surface area contributed by atoms with E-state index < -0.39 is 12.5 Å². The van der Waals surface area contributed by atoms with Crippen LogP contribution in [0.4, 0.5) is 14.5 Å². The lowest BCUT2D eigenvalue weighted by Crippen LogP contribution is -2.15. The number of pyridine rings is 1. The molecule has 2 heterocycles. The SMILES string of the molecule is CCc1c(C(=O)Nc2cccnc2Cl)nnn1-c1ccc(OC(F)F)cc1. The molecule has 0 aliphatic rings. The van der Waals surface area contributed by atoms with Crippen molar-refractivity contribution in [3.8, 4) is 11.4 Å². The average molecular weight is 394 g/mol. The molecular weight excluding hydrogens is 380 g/mol. The Kier molecular flexibility index (Phi) is 5.60. The van der Waals surface area contributed by atoms with Crippen molar-refractivity contribution in [3.63, 3.8) is 0 Å². The standard InChI is InChI=1S/C17H14ClF2N5O2/c1-2-13-14(16(26)22-12-4-3-9-21-15(12)18)23-24-25(13)10-5-7-11(8-6-10)27-17(19)20/h3-9,17H,2H2,1H3,(H,22,26). The molecule has 0 bridgehead atoms. The molecule has 3 rings (SSSR count). The van der Waals surface area contributed by atoms with Gasteiger partial charge in [-0.25, -0.2) is 9.67 Å². The highest BCUT2D eigenvalue weighted by Crippen LogP contribution is 2.21. The molecule has 0 saturated heterocycles. The molecule has 0 spiro atoms. The highest BCUT2D eigenvalue weighted by Gasteiger charge is 2.20. The number of nitrogens with zero attached hydrogens (tertiary/aromatic N) is 4. The molecule has 7 nitrogen and oxygen atoms in total. The minimum absolute atomic E-state index is 0.0242. The molecular formula is C17H14ClF2N5O2. The third kappa shape index (κ3) is 4.20. The van der Waals surface area contributed by atoms with E-state index >= 15 is 0 Å². The van der Waals surface area contributed by atoms with E-state index in [0.717, 1.165) is 0 Å². The van der Waals surface area contributed by atoms with E-state index in [0.29, 0.717) is 23.5 Å². The number of aromatic nitrogens is 4. The number of nitrogens with one attached hydrogen (secondary N) is 1. The molecule has 0 unspecified atom stereocenters. The van der Waals surface area contributed by atoms with E-state index in [2.05, 4.69) is 25.3 Å². The van der Waals surface area contributed by atoms with Crippen molar-refractivity contribution in [2.75, 3.05) is 5.32 Å². The molecule has 10 heteroatoms. The second-order valence-corrected chi connectivity index (χ2v) is 5.68. The summed E-state index contributed by atoms with van der Waals surface area (Å²) in [5.74, 6) is -0.457. The van der Waals surface area contributed by atoms with Gasteiger partial charge in [0.05, 0.1) is 17.1 Å². The Labute approximate surface area is 157 Å². The molecule has 0 aliphatic heterocycles. The topological polar surface area (TPSA) is 81.9 Å². The molecule has 1 N–H and O–H groups in total. The van der Waals surface area contributed by atoms with Gasteiger partial charge in [-0.15, -0.1) is 5.10 Å². The summed E-state index contributed by atoms with van der Waals surface area (Å²) in [5.41, 5.74) is 1.59. The van der Waals surface area contributed by atoms with Gasteiger partial charge >= 0.3 is 6.61 Å². The van der Waals surface area contributed by atoms with Gasteiger partial charge in [0.15, 0.2) is 10.8 Å². The maximum Gasteiger partial charge on any atom is 0.387 e. The number of carbonyl (C=O) groups is 1. The minimum atomic E-state index is -2.90. The average Bonchev–Trinajstić information content (AvgIpc) is 3.08. The van der Waals surface area contributed by atoms with Crippen LogP contribution in [0.25, 0.3) is 5.69 Å². The van der Waals surface area contributed by atoms with Crippen molar-refractivity contribution >= 4 is 23.2 Å². The Hall–Kier alpha value is -3.07. The first kappa shape index (κ1) is 18.7. The molecule has 2 aromatic heterocycles. The Balaban J connectivity index is 1.86. The maximum atomic E-state index is 12.5.